The van der Waals surface area contributed by atoms with Crippen molar-refractivity contribution in [1.82, 2.24) is 9.80 Å². The molecule has 0 aromatic heterocycles. The number of ether oxygens (including phenoxy) is 1. The fraction of sp³-hybridized carbons (Fsp3) is 0.556. The van der Waals surface area contributed by atoms with E-state index in [-0.39, 0.29) is 11.8 Å². The van der Waals surface area contributed by atoms with Gasteiger partial charge in [0, 0.05) is 39.5 Å². The van der Waals surface area contributed by atoms with E-state index in [1.54, 1.807) is 18.9 Å². The third-order valence-corrected chi connectivity index (χ3v) is 4.33. The van der Waals surface area contributed by atoms with Crippen molar-refractivity contribution in [2.75, 3.05) is 33.3 Å². The molecule has 0 bridgehead atoms. The first kappa shape index (κ1) is 17.3. The molecule has 0 unspecified atom stereocenters. The molecule has 0 aliphatic carbocycles. The summed E-state index contributed by atoms with van der Waals surface area (Å²) in [6.07, 6.45) is 3.39. The fourth-order valence-corrected chi connectivity index (χ4v) is 2.84. The van der Waals surface area contributed by atoms with Gasteiger partial charge in [0.25, 0.3) is 0 Å². The van der Waals surface area contributed by atoms with Gasteiger partial charge >= 0.3 is 0 Å². The Morgan fingerprint density at radius 1 is 1.13 bits per heavy atom. The van der Waals surface area contributed by atoms with Gasteiger partial charge in [0.05, 0.1) is 7.11 Å². The zero-order chi connectivity index (χ0) is 16.7. The van der Waals surface area contributed by atoms with Crippen LogP contribution in [0.4, 0.5) is 0 Å². The van der Waals surface area contributed by atoms with E-state index in [4.69, 9.17) is 4.74 Å². The smallest absolute Gasteiger partial charge is 0.224 e. The Morgan fingerprint density at radius 2 is 1.78 bits per heavy atom. The maximum absolute atomic E-state index is 12.1. The van der Waals surface area contributed by atoms with Crippen molar-refractivity contribution >= 4 is 11.8 Å². The van der Waals surface area contributed by atoms with Crippen LogP contribution in [0.15, 0.2) is 24.3 Å². The second-order valence-electron chi connectivity index (χ2n) is 5.94. The largest absolute Gasteiger partial charge is 0.497 e. The molecule has 0 saturated carbocycles. The van der Waals surface area contributed by atoms with E-state index >= 15 is 0 Å². The van der Waals surface area contributed by atoms with Gasteiger partial charge < -0.3 is 14.5 Å². The van der Waals surface area contributed by atoms with Crippen LogP contribution in [0.2, 0.25) is 0 Å². The molecule has 0 radical (unpaired) electrons. The molecule has 1 aliphatic heterocycles. The zero-order valence-electron chi connectivity index (χ0n) is 14.1. The second-order valence-corrected chi connectivity index (χ2v) is 5.94. The lowest BCUT2D eigenvalue weighted by Crippen LogP contribution is -2.36. The summed E-state index contributed by atoms with van der Waals surface area (Å²) in [7, 11) is 1.64. The monoisotopic (exact) mass is 318 g/mol. The fourth-order valence-electron chi connectivity index (χ4n) is 2.84. The van der Waals surface area contributed by atoms with Crippen LogP contribution in [0.25, 0.3) is 0 Å². The van der Waals surface area contributed by atoms with Gasteiger partial charge in [-0.3, -0.25) is 9.59 Å². The van der Waals surface area contributed by atoms with Crippen molar-refractivity contribution in [2.24, 2.45) is 0 Å². The maximum Gasteiger partial charge on any atom is 0.224 e. The SMILES string of the molecule is COc1ccc(CCN(CCC(=O)N2CCCC2)C(C)=O)cc1. The first-order valence-corrected chi connectivity index (χ1v) is 8.26. The van der Waals surface area contributed by atoms with E-state index in [0.717, 1.165) is 43.7 Å². The number of benzene rings is 1. The number of hydrogen-bond donors (Lipinski definition) is 0. The molecule has 0 atom stereocenters. The van der Waals surface area contributed by atoms with Gasteiger partial charge in [0.15, 0.2) is 0 Å². The summed E-state index contributed by atoms with van der Waals surface area (Å²) in [6, 6.07) is 7.85. The Kier molecular flexibility index (Phi) is 6.44. The van der Waals surface area contributed by atoms with Crippen molar-refractivity contribution in [3.8, 4) is 5.75 Å². The Bertz CT molecular complexity index is 522. The van der Waals surface area contributed by atoms with Crippen LogP contribution in [-0.4, -0.2) is 54.9 Å². The summed E-state index contributed by atoms with van der Waals surface area (Å²) in [4.78, 5) is 27.5. The Labute approximate surface area is 138 Å². The average molecular weight is 318 g/mol. The Morgan fingerprint density at radius 3 is 2.35 bits per heavy atom. The van der Waals surface area contributed by atoms with Gasteiger partial charge in [0.2, 0.25) is 11.8 Å². The van der Waals surface area contributed by atoms with Crippen LogP contribution in [0, 0.1) is 0 Å². The van der Waals surface area contributed by atoms with Crippen molar-refractivity contribution in [1.29, 1.82) is 0 Å². The molecule has 0 N–H and O–H groups in total. The van der Waals surface area contributed by atoms with Crippen LogP contribution in [-0.2, 0) is 16.0 Å². The van der Waals surface area contributed by atoms with Crippen molar-refractivity contribution in [3.63, 3.8) is 0 Å². The van der Waals surface area contributed by atoms with E-state index in [1.165, 1.54) is 0 Å². The maximum atomic E-state index is 12.1. The number of amides is 2. The molecule has 0 spiro atoms. The van der Waals surface area contributed by atoms with Crippen LogP contribution >= 0.6 is 0 Å². The quantitative estimate of drug-likeness (QED) is 0.773. The molecule has 2 amide bonds. The molecular formula is C18H26N2O3. The van der Waals surface area contributed by atoms with Crippen LogP contribution < -0.4 is 4.74 Å². The lowest BCUT2D eigenvalue weighted by Gasteiger charge is -2.22. The number of methoxy groups -OCH3 is 1. The Hall–Kier alpha value is -2.04. The number of hydrogen-bond acceptors (Lipinski definition) is 3. The summed E-state index contributed by atoms with van der Waals surface area (Å²) >= 11 is 0. The zero-order valence-corrected chi connectivity index (χ0v) is 14.1. The molecule has 23 heavy (non-hydrogen) atoms. The predicted octanol–water partition coefficient (Wildman–Crippen LogP) is 2.10. The highest BCUT2D eigenvalue weighted by Gasteiger charge is 2.19. The minimum absolute atomic E-state index is 0.0210. The minimum Gasteiger partial charge on any atom is -0.497 e. The number of rotatable bonds is 7. The van der Waals surface area contributed by atoms with E-state index < -0.39 is 0 Å². The average Bonchev–Trinajstić information content (AvgIpc) is 3.09. The van der Waals surface area contributed by atoms with Crippen LogP contribution in [0.3, 0.4) is 0 Å². The molecule has 1 heterocycles. The summed E-state index contributed by atoms with van der Waals surface area (Å²) in [5.41, 5.74) is 1.16. The topological polar surface area (TPSA) is 49.9 Å². The van der Waals surface area contributed by atoms with E-state index in [1.807, 2.05) is 29.2 Å². The highest BCUT2D eigenvalue weighted by molar-refractivity contribution is 5.78. The summed E-state index contributed by atoms with van der Waals surface area (Å²) in [5, 5.41) is 0. The minimum atomic E-state index is 0.0210. The van der Waals surface area contributed by atoms with Crippen molar-refractivity contribution in [3.05, 3.63) is 29.8 Å². The highest BCUT2D eigenvalue weighted by Crippen LogP contribution is 2.13. The second kappa shape index (κ2) is 8.56. The molecule has 1 aliphatic rings. The van der Waals surface area contributed by atoms with Crippen LogP contribution in [0.5, 0.6) is 5.75 Å². The first-order valence-electron chi connectivity index (χ1n) is 8.26. The highest BCUT2D eigenvalue weighted by atomic mass is 16.5. The number of likely N-dealkylation sites (tertiary alicyclic amines) is 1. The lowest BCUT2D eigenvalue weighted by atomic mass is 10.1. The van der Waals surface area contributed by atoms with E-state index in [9.17, 15) is 9.59 Å². The standard InChI is InChI=1S/C18H26N2O3/c1-15(21)19(14-10-18(22)20-11-3-4-12-20)13-9-16-5-7-17(23-2)8-6-16/h5-8H,3-4,9-14H2,1-2H3. The molecule has 5 nitrogen and oxygen atoms in total. The summed E-state index contributed by atoms with van der Waals surface area (Å²) in [5.74, 6) is 1.01. The molecule has 1 fully saturated rings. The van der Waals surface area contributed by atoms with Gasteiger partial charge in [-0.1, -0.05) is 12.1 Å². The first-order chi connectivity index (χ1) is 11.1. The predicted molar refractivity (Wildman–Crippen MR) is 89.4 cm³/mol. The van der Waals surface area contributed by atoms with E-state index in [0.29, 0.717) is 19.5 Å². The molecule has 5 heteroatoms. The normalized spacial score (nSPS) is 13.9. The van der Waals surface area contributed by atoms with Gasteiger partial charge in [-0.05, 0) is 37.0 Å². The summed E-state index contributed by atoms with van der Waals surface area (Å²) in [6.45, 7) is 4.43. The van der Waals surface area contributed by atoms with Crippen LogP contribution in [0.1, 0.15) is 31.7 Å². The third kappa shape index (κ3) is 5.27. The van der Waals surface area contributed by atoms with Crippen molar-refractivity contribution < 1.29 is 14.3 Å². The molecule has 2 rings (SSSR count). The number of nitrogens with zero attached hydrogens (tertiary/aromatic N) is 2. The third-order valence-electron chi connectivity index (χ3n) is 4.33. The number of carbonyl (C=O) groups is 2. The molecule has 1 aromatic carbocycles. The molecular weight excluding hydrogens is 292 g/mol. The van der Waals surface area contributed by atoms with Gasteiger partial charge in [-0.15, -0.1) is 0 Å². The molecule has 126 valence electrons. The summed E-state index contributed by atoms with van der Waals surface area (Å²) < 4.78 is 5.14. The van der Waals surface area contributed by atoms with Gasteiger partial charge in [0.1, 0.15) is 5.75 Å². The number of carbonyl (C=O) groups excluding carboxylic acids is 2. The van der Waals surface area contributed by atoms with Gasteiger partial charge in [-0.2, -0.15) is 0 Å². The van der Waals surface area contributed by atoms with Gasteiger partial charge in [-0.25, -0.2) is 0 Å². The lowest BCUT2D eigenvalue weighted by molar-refractivity contribution is -0.132. The van der Waals surface area contributed by atoms with Crippen molar-refractivity contribution in [2.45, 2.75) is 32.6 Å². The molecule has 1 saturated heterocycles. The molecule has 1 aromatic rings. The Balaban J connectivity index is 1.80. The van der Waals surface area contributed by atoms with E-state index in [2.05, 4.69) is 0 Å².